The second kappa shape index (κ2) is 6.24. The fraction of sp³-hybridized carbons (Fsp3) is 0.333. The summed E-state index contributed by atoms with van der Waals surface area (Å²) in [6, 6.07) is 0. The molecule has 0 aliphatic heterocycles. The van der Waals surface area contributed by atoms with Crippen molar-refractivity contribution in [2.45, 2.75) is 6.42 Å². The van der Waals surface area contributed by atoms with E-state index in [9.17, 15) is 0 Å². The fourth-order valence-electron chi connectivity index (χ4n) is 0.335. The molecule has 0 radical (unpaired) electrons. The van der Waals surface area contributed by atoms with Crippen molar-refractivity contribution in [2.24, 2.45) is 11.5 Å². The molecular formula is C6H12N2. The molecule has 0 saturated carbocycles. The Bertz CT molecular complexity index is 84.5. The normalized spacial score (nSPS) is 11.6. The van der Waals surface area contributed by atoms with Gasteiger partial charge in [0.1, 0.15) is 0 Å². The smallest absolute Gasteiger partial charge is 0.00425 e. The van der Waals surface area contributed by atoms with Crippen LogP contribution in [-0.4, -0.2) is 6.54 Å². The standard InChI is InChI=1S/C6H12N2/c7-5-3-1-2-4-6-8/h1-3,5H,4,6-8H2. The molecule has 46 valence electrons. The second-order valence-electron chi connectivity index (χ2n) is 1.39. The van der Waals surface area contributed by atoms with Crippen molar-refractivity contribution in [3.63, 3.8) is 0 Å². The first-order valence-corrected chi connectivity index (χ1v) is 2.65. The molecule has 0 amide bonds. The van der Waals surface area contributed by atoms with Crippen molar-refractivity contribution in [1.82, 2.24) is 0 Å². The van der Waals surface area contributed by atoms with E-state index < -0.39 is 0 Å². The maximum atomic E-state index is 5.20. The van der Waals surface area contributed by atoms with Gasteiger partial charge in [-0.2, -0.15) is 0 Å². The summed E-state index contributed by atoms with van der Waals surface area (Å²) in [6.45, 7) is 0.703. The van der Waals surface area contributed by atoms with Crippen LogP contribution in [0, 0.1) is 0 Å². The highest BCUT2D eigenvalue weighted by molar-refractivity contribution is 5.00. The predicted octanol–water partition coefficient (Wildman–Crippen LogP) is 0.364. The molecule has 0 unspecified atom stereocenters. The highest BCUT2D eigenvalue weighted by Gasteiger charge is 1.66. The number of nitrogens with two attached hydrogens (primary N) is 2. The molecule has 0 aromatic carbocycles. The minimum absolute atomic E-state index is 0.703. The van der Waals surface area contributed by atoms with Gasteiger partial charge in [-0.25, -0.2) is 0 Å². The van der Waals surface area contributed by atoms with E-state index in [1.165, 1.54) is 6.20 Å². The van der Waals surface area contributed by atoms with Gasteiger partial charge in [0.05, 0.1) is 0 Å². The monoisotopic (exact) mass is 112 g/mol. The molecule has 0 aromatic heterocycles. The number of rotatable bonds is 3. The van der Waals surface area contributed by atoms with Gasteiger partial charge >= 0.3 is 0 Å². The quantitative estimate of drug-likeness (QED) is 0.518. The molecular weight excluding hydrogens is 100 g/mol. The summed E-state index contributed by atoms with van der Waals surface area (Å²) < 4.78 is 0. The Balaban J connectivity index is 3.07. The van der Waals surface area contributed by atoms with E-state index in [0.717, 1.165) is 6.42 Å². The molecule has 2 heteroatoms. The average molecular weight is 112 g/mol. The molecule has 0 aromatic rings. The average Bonchev–Trinajstić information content (AvgIpc) is 1.81. The highest BCUT2D eigenvalue weighted by Crippen LogP contribution is 1.78. The molecule has 0 spiro atoms. The van der Waals surface area contributed by atoms with Gasteiger partial charge in [0.2, 0.25) is 0 Å². The molecule has 0 fully saturated rings. The molecule has 0 rings (SSSR count). The van der Waals surface area contributed by atoms with Crippen LogP contribution in [-0.2, 0) is 0 Å². The molecule has 4 N–H and O–H groups in total. The van der Waals surface area contributed by atoms with Gasteiger partial charge in [0.15, 0.2) is 0 Å². The van der Waals surface area contributed by atoms with Crippen LogP contribution < -0.4 is 11.5 Å². The Morgan fingerprint density at radius 3 is 2.50 bits per heavy atom. The van der Waals surface area contributed by atoms with Gasteiger partial charge in [-0.3, -0.25) is 0 Å². The third kappa shape index (κ3) is 5.24. The number of hydrogen-bond donors (Lipinski definition) is 2. The Hall–Kier alpha value is -0.760. The van der Waals surface area contributed by atoms with Crippen molar-refractivity contribution in [3.8, 4) is 0 Å². The van der Waals surface area contributed by atoms with Crippen LogP contribution in [0.5, 0.6) is 0 Å². The summed E-state index contributed by atoms with van der Waals surface area (Å²) in [5.74, 6) is 0. The Morgan fingerprint density at radius 2 is 2.00 bits per heavy atom. The van der Waals surface area contributed by atoms with Gasteiger partial charge in [-0.1, -0.05) is 12.2 Å². The van der Waals surface area contributed by atoms with Crippen molar-refractivity contribution in [2.75, 3.05) is 6.54 Å². The van der Waals surface area contributed by atoms with Crippen LogP contribution in [0.2, 0.25) is 0 Å². The third-order valence-electron chi connectivity index (χ3n) is 0.692. The summed E-state index contributed by atoms with van der Waals surface area (Å²) in [6.07, 6.45) is 8.04. The van der Waals surface area contributed by atoms with Gasteiger partial charge in [-0.15, -0.1) is 0 Å². The first kappa shape index (κ1) is 7.24. The van der Waals surface area contributed by atoms with Crippen LogP contribution in [0.15, 0.2) is 24.4 Å². The zero-order valence-corrected chi connectivity index (χ0v) is 4.88. The second-order valence-corrected chi connectivity index (χ2v) is 1.39. The first-order valence-electron chi connectivity index (χ1n) is 2.65. The molecule has 0 saturated heterocycles. The van der Waals surface area contributed by atoms with Crippen LogP contribution in [0.4, 0.5) is 0 Å². The molecule has 2 nitrogen and oxygen atoms in total. The van der Waals surface area contributed by atoms with E-state index >= 15 is 0 Å². The predicted molar refractivity (Wildman–Crippen MR) is 36.1 cm³/mol. The van der Waals surface area contributed by atoms with E-state index in [0.29, 0.717) is 6.54 Å². The van der Waals surface area contributed by atoms with Crippen molar-refractivity contribution < 1.29 is 0 Å². The molecule has 0 atom stereocenters. The number of hydrogen-bond acceptors (Lipinski definition) is 2. The van der Waals surface area contributed by atoms with Gasteiger partial charge in [0.25, 0.3) is 0 Å². The Labute approximate surface area is 49.9 Å². The minimum Gasteiger partial charge on any atom is -0.405 e. The van der Waals surface area contributed by atoms with E-state index in [-0.39, 0.29) is 0 Å². The maximum Gasteiger partial charge on any atom is -0.00425 e. The Morgan fingerprint density at radius 1 is 1.25 bits per heavy atom. The third-order valence-corrected chi connectivity index (χ3v) is 0.692. The van der Waals surface area contributed by atoms with Crippen molar-refractivity contribution in [3.05, 3.63) is 24.4 Å². The van der Waals surface area contributed by atoms with Crippen molar-refractivity contribution in [1.29, 1.82) is 0 Å². The summed E-state index contributed by atoms with van der Waals surface area (Å²) in [5.41, 5.74) is 10.3. The summed E-state index contributed by atoms with van der Waals surface area (Å²) >= 11 is 0. The maximum absolute atomic E-state index is 5.20. The SMILES string of the molecule is NC=CC=CCCN. The van der Waals surface area contributed by atoms with Gasteiger partial charge in [-0.05, 0) is 25.2 Å². The van der Waals surface area contributed by atoms with E-state index in [1.54, 1.807) is 6.08 Å². The van der Waals surface area contributed by atoms with Gasteiger partial charge in [0, 0.05) is 0 Å². The lowest BCUT2D eigenvalue weighted by atomic mass is 10.4. The van der Waals surface area contributed by atoms with Crippen LogP contribution >= 0.6 is 0 Å². The lowest BCUT2D eigenvalue weighted by Crippen LogP contribution is -1.94. The topological polar surface area (TPSA) is 52.0 Å². The molecule has 0 bridgehead atoms. The van der Waals surface area contributed by atoms with Crippen LogP contribution in [0.3, 0.4) is 0 Å². The van der Waals surface area contributed by atoms with E-state index in [2.05, 4.69) is 0 Å². The zero-order valence-electron chi connectivity index (χ0n) is 4.88. The van der Waals surface area contributed by atoms with Gasteiger partial charge < -0.3 is 11.5 Å². The summed E-state index contributed by atoms with van der Waals surface area (Å²) in [5, 5.41) is 0. The highest BCUT2D eigenvalue weighted by atomic mass is 14.5. The van der Waals surface area contributed by atoms with Crippen LogP contribution in [0.25, 0.3) is 0 Å². The minimum atomic E-state index is 0.703. The van der Waals surface area contributed by atoms with Crippen molar-refractivity contribution >= 4 is 0 Å². The Kier molecular flexibility index (Phi) is 5.65. The van der Waals surface area contributed by atoms with E-state index in [1.807, 2.05) is 12.2 Å². The summed E-state index contributed by atoms with van der Waals surface area (Å²) in [7, 11) is 0. The van der Waals surface area contributed by atoms with E-state index in [4.69, 9.17) is 11.5 Å². The molecule has 0 aliphatic rings. The zero-order chi connectivity index (χ0) is 6.24. The number of allylic oxidation sites excluding steroid dienone is 2. The lowest BCUT2D eigenvalue weighted by Gasteiger charge is -1.79. The molecule has 0 heterocycles. The molecule has 0 aliphatic carbocycles. The first-order chi connectivity index (χ1) is 3.91. The largest absolute Gasteiger partial charge is 0.405 e. The lowest BCUT2D eigenvalue weighted by molar-refractivity contribution is 1.01. The van der Waals surface area contributed by atoms with Crippen LogP contribution in [0.1, 0.15) is 6.42 Å². The fourth-order valence-corrected chi connectivity index (χ4v) is 0.335. The molecule has 8 heavy (non-hydrogen) atoms. The summed E-state index contributed by atoms with van der Waals surface area (Å²) in [4.78, 5) is 0.